The summed E-state index contributed by atoms with van der Waals surface area (Å²) in [6.07, 6.45) is 0. The molecule has 16 heavy (non-hydrogen) atoms. The zero-order chi connectivity index (χ0) is 12.1. The van der Waals surface area contributed by atoms with Crippen LogP contribution < -0.4 is 5.73 Å². The van der Waals surface area contributed by atoms with Gasteiger partial charge in [-0.3, -0.25) is 4.79 Å². The molecule has 0 amide bonds. The Morgan fingerprint density at radius 2 is 2.25 bits per heavy atom. The Morgan fingerprint density at radius 1 is 1.56 bits per heavy atom. The summed E-state index contributed by atoms with van der Waals surface area (Å²) >= 11 is 1.12. The van der Waals surface area contributed by atoms with Gasteiger partial charge in [0.1, 0.15) is 5.82 Å². The van der Waals surface area contributed by atoms with Crippen LogP contribution >= 0.6 is 11.8 Å². The first-order valence-electron chi connectivity index (χ1n) is 4.68. The second-order valence-electron chi connectivity index (χ2n) is 3.27. The van der Waals surface area contributed by atoms with Crippen LogP contribution in [0.15, 0.2) is 12.1 Å². The van der Waals surface area contributed by atoms with Gasteiger partial charge < -0.3 is 5.73 Å². The van der Waals surface area contributed by atoms with E-state index in [9.17, 15) is 9.18 Å². The van der Waals surface area contributed by atoms with Gasteiger partial charge in [-0.05, 0) is 24.6 Å². The highest BCUT2D eigenvalue weighted by Gasteiger charge is 2.02. The number of carbonyl (C=O) groups excluding carboxylic acids is 1. The minimum atomic E-state index is -0.352. The van der Waals surface area contributed by atoms with E-state index < -0.39 is 0 Å². The average molecular weight is 237 g/mol. The highest BCUT2D eigenvalue weighted by Crippen LogP contribution is 2.17. The van der Waals surface area contributed by atoms with E-state index in [-0.39, 0.29) is 10.9 Å². The number of benzene rings is 1. The Bertz CT molecular complexity index is 474. The van der Waals surface area contributed by atoms with Crippen molar-refractivity contribution in [2.45, 2.75) is 13.8 Å². The van der Waals surface area contributed by atoms with E-state index >= 15 is 0 Å². The molecule has 0 atom stereocenters. The number of hydrogen-bond donors (Lipinski definition) is 1. The Hall–Kier alpha value is -1.47. The van der Waals surface area contributed by atoms with Crippen molar-refractivity contribution >= 4 is 22.6 Å². The molecule has 0 aliphatic heterocycles. The fourth-order valence-electron chi connectivity index (χ4n) is 1.13. The Kier molecular flexibility index (Phi) is 4.39. The van der Waals surface area contributed by atoms with Crippen molar-refractivity contribution < 1.29 is 9.18 Å². The van der Waals surface area contributed by atoms with E-state index in [2.05, 4.69) is 11.8 Å². The van der Waals surface area contributed by atoms with Crippen LogP contribution in [0, 0.1) is 24.6 Å². The summed E-state index contributed by atoms with van der Waals surface area (Å²) in [4.78, 5) is 10.6. The normalized spacial score (nSPS) is 9.44. The highest BCUT2D eigenvalue weighted by atomic mass is 32.2. The van der Waals surface area contributed by atoms with Gasteiger partial charge >= 0.3 is 0 Å². The van der Waals surface area contributed by atoms with Crippen molar-refractivity contribution in [1.82, 2.24) is 0 Å². The number of thioether (sulfide) groups is 1. The standard InChI is InChI=1S/C12H12FNOS/c1-8-6-11(13)7-10(12(8)14)4-3-5-16-9(2)15/h6-7H,5,14H2,1-2H3. The van der Waals surface area contributed by atoms with E-state index in [1.807, 2.05) is 0 Å². The third-order valence-corrected chi connectivity index (χ3v) is 2.62. The van der Waals surface area contributed by atoms with Crippen LogP contribution in [0.1, 0.15) is 18.1 Å². The lowest BCUT2D eigenvalue weighted by Gasteiger charge is -2.02. The maximum atomic E-state index is 13.1. The molecule has 0 unspecified atom stereocenters. The highest BCUT2D eigenvalue weighted by molar-refractivity contribution is 8.13. The number of hydrogen-bond acceptors (Lipinski definition) is 3. The molecule has 0 fully saturated rings. The number of anilines is 1. The molecule has 0 aromatic heterocycles. The fourth-order valence-corrected chi connectivity index (χ4v) is 1.47. The van der Waals surface area contributed by atoms with Gasteiger partial charge in [-0.2, -0.15) is 0 Å². The third kappa shape index (κ3) is 3.59. The number of nitrogens with two attached hydrogens (primary N) is 1. The van der Waals surface area contributed by atoms with Crippen LogP contribution in [0.4, 0.5) is 10.1 Å². The van der Waals surface area contributed by atoms with Gasteiger partial charge in [0.2, 0.25) is 0 Å². The van der Waals surface area contributed by atoms with Gasteiger partial charge in [-0.25, -0.2) is 4.39 Å². The van der Waals surface area contributed by atoms with Crippen LogP contribution in [-0.2, 0) is 4.79 Å². The van der Waals surface area contributed by atoms with E-state index in [1.54, 1.807) is 6.92 Å². The van der Waals surface area contributed by atoms with Crippen LogP contribution in [0.3, 0.4) is 0 Å². The molecule has 2 nitrogen and oxygen atoms in total. The lowest BCUT2D eigenvalue weighted by molar-refractivity contribution is -0.109. The molecule has 0 bridgehead atoms. The zero-order valence-electron chi connectivity index (χ0n) is 9.13. The molecular weight excluding hydrogens is 225 g/mol. The van der Waals surface area contributed by atoms with Gasteiger partial charge in [0, 0.05) is 6.92 Å². The molecule has 1 aromatic carbocycles. The van der Waals surface area contributed by atoms with Gasteiger partial charge in [0.05, 0.1) is 17.0 Å². The largest absolute Gasteiger partial charge is 0.397 e. The molecule has 0 aliphatic rings. The SMILES string of the molecule is CC(=O)SCC#Cc1cc(F)cc(C)c1N. The first-order valence-corrected chi connectivity index (χ1v) is 5.67. The molecule has 0 radical (unpaired) electrons. The molecular formula is C12H12FNOS. The molecule has 1 rings (SSSR count). The molecule has 0 saturated heterocycles. The van der Waals surface area contributed by atoms with E-state index in [0.29, 0.717) is 22.6 Å². The molecule has 0 saturated carbocycles. The first kappa shape index (κ1) is 12.6. The van der Waals surface area contributed by atoms with Crippen LogP contribution in [-0.4, -0.2) is 10.9 Å². The summed E-state index contributed by atoms with van der Waals surface area (Å²) in [6.45, 7) is 3.21. The summed E-state index contributed by atoms with van der Waals surface area (Å²) in [7, 11) is 0. The van der Waals surface area contributed by atoms with Crippen LogP contribution in [0.5, 0.6) is 0 Å². The maximum Gasteiger partial charge on any atom is 0.186 e. The second kappa shape index (κ2) is 5.57. The Balaban J connectivity index is 2.84. The molecule has 2 N–H and O–H groups in total. The number of aryl methyl sites for hydroxylation is 1. The second-order valence-corrected chi connectivity index (χ2v) is 4.42. The van der Waals surface area contributed by atoms with Crippen LogP contribution in [0.25, 0.3) is 0 Å². The average Bonchev–Trinajstić information content (AvgIpc) is 2.19. The molecule has 0 aliphatic carbocycles. The predicted molar refractivity (Wildman–Crippen MR) is 65.6 cm³/mol. The maximum absolute atomic E-state index is 13.1. The number of carbonyl (C=O) groups is 1. The third-order valence-electron chi connectivity index (χ3n) is 1.92. The quantitative estimate of drug-likeness (QED) is 0.602. The number of nitrogen functional groups attached to an aromatic ring is 1. The first-order chi connectivity index (χ1) is 7.50. The molecule has 1 aromatic rings. The smallest absolute Gasteiger partial charge is 0.186 e. The van der Waals surface area contributed by atoms with E-state index in [4.69, 9.17) is 5.73 Å². The summed E-state index contributed by atoms with van der Waals surface area (Å²) in [5, 5.41) is 0.0118. The molecule has 4 heteroatoms. The molecule has 0 spiro atoms. The van der Waals surface area contributed by atoms with Crippen molar-refractivity contribution in [2.75, 3.05) is 11.5 Å². The number of rotatable bonds is 1. The number of halogens is 1. The minimum absolute atomic E-state index is 0.0118. The van der Waals surface area contributed by atoms with E-state index in [1.165, 1.54) is 19.1 Å². The van der Waals surface area contributed by atoms with Crippen molar-refractivity contribution in [3.05, 3.63) is 29.1 Å². The lowest BCUT2D eigenvalue weighted by atomic mass is 10.1. The summed E-state index contributed by atoms with van der Waals surface area (Å²) in [5.74, 6) is 5.58. The van der Waals surface area contributed by atoms with E-state index in [0.717, 1.165) is 11.8 Å². The summed E-state index contributed by atoms with van der Waals surface area (Å²) in [6, 6.07) is 2.67. The Morgan fingerprint density at radius 3 is 2.88 bits per heavy atom. The summed E-state index contributed by atoms with van der Waals surface area (Å²) in [5.41, 5.74) is 7.38. The van der Waals surface area contributed by atoms with Crippen molar-refractivity contribution in [3.8, 4) is 11.8 Å². The predicted octanol–water partition coefficient (Wildman–Crippen LogP) is 2.35. The lowest BCUT2D eigenvalue weighted by Crippen LogP contribution is -1.95. The zero-order valence-corrected chi connectivity index (χ0v) is 9.95. The Labute approximate surface area is 98.4 Å². The van der Waals surface area contributed by atoms with Gasteiger partial charge in [-0.1, -0.05) is 23.6 Å². The van der Waals surface area contributed by atoms with Gasteiger partial charge in [0.25, 0.3) is 0 Å². The minimum Gasteiger partial charge on any atom is -0.397 e. The van der Waals surface area contributed by atoms with Crippen LogP contribution in [0.2, 0.25) is 0 Å². The topological polar surface area (TPSA) is 43.1 Å². The van der Waals surface area contributed by atoms with Crippen molar-refractivity contribution in [2.24, 2.45) is 0 Å². The van der Waals surface area contributed by atoms with Gasteiger partial charge in [-0.15, -0.1) is 0 Å². The molecule has 0 heterocycles. The van der Waals surface area contributed by atoms with Crippen molar-refractivity contribution in [1.29, 1.82) is 0 Å². The molecule has 84 valence electrons. The fraction of sp³-hybridized carbons (Fsp3) is 0.250. The van der Waals surface area contributed by atoms with Gasteiger partial charge in [0.15, 0.2) is 5.12 Å². The summed E-state index contributed by atoms with van der Waals surface area (Å²) < 4.78 is 13.1. The van der Waals surface area contributed by atoms with Crippen molar-refractivity contribution in [3.63, 3.8) is 0 Å². The monoisotopic (exact) mass is 237 g/mol.